The Labute approximate surface area is 111 Å². The van der Waals surface area contributed by atoms with Gasteiger partial charge in [-0.2, -0.15) is 0 Å². The summed E-state index contributed by atoms with van der Waals surface area (Å²) in [6.07, 6.45) is 1.23. The summed E-state index contributed by atoms with van der Waals surface area (Å²) in [5.74, 6) is -1.17. The highest BCUT2D eigenvalue weighted by Gasteiger charge is 2.37. The van der Waals surface area contributed by atoms with Gasteiger partial charge in [0.05, 0.1) is 11.3 Å². The van der Waals surface area contributed by atoms with Crippen LogP contribution >= 0.6 is 0 Å². The maximum Gasteiger partial charge on any atom is 0.250 e. The second-order valence-electron chi connectivity index (χ2n) is 4.65. The number of halogens is 1. The van der Waals surface area contributed by atoms with Gasteiger partial charge in [-0.3, -0.25) is 9.52 Å². The number of hydrogen-bond donors (Lipinski definition) is 2. The molecule has 1 aliphatic rings. The van der Waals surface area contributed by atoms with E-state index in [1.165, 1.54) is 18.2 Å². The lowest BCUT2D eigenvalue weighted by molar-refractivity contribution is -0.120. The first-order valence-electron chi connectivity index (χ1n) is 5.94. The summed E-state index contributed by atoms with van der Waals surface area (Å²) in [5.41, 5.74) is 6.18. The van der Waals surface area contributed by atoms with Gasteiger partial charge >= 0.3 is 0 Å². The Morgan fingerprint density at radius 3 is 2.74 bits per heavy atom. The van der Waals surface area contributed by atoms with Gasteiger partial charge in [0, 0.05) is 0 Å². The van der Waals surface area contributed by atoms with Crippen LogP contribution in [0.4, 0.5) is 4.39 Å². The predicted molar refractivity (Wildman–Crippen MR) is 68.2 cm³/mol. The van der Waals surface area contributed by atoms with Gasteiger partial charge in [0.1, 0.15) is 5.82 Å². The summed E-state index contributed by atoms with van der Waals surface area (Å²) in [4.78, 5) is 11.7. The first kappa shape index (κ1) is 14.0. The van der Waals surface area contributed by atoms with Crippen molar-refractivity contribution in [1.29, 1.82) is 0 Å². The van der Waals surface area contributed by atoms with Crippen LogP contribution in [-0.2, 0) is 21.2 Å². The van der Waals surface area contributed by atoms with E-state index in [1.807, 2.05) is 4.72 Å². The molecule has 7 heteroatoms. The lowest BCUT2D eigenvalue weighted by atomic mass is 10.1. The second-order valence-corrected chi connectivity index (χ2v) is 6.61. The smallest absolute Gasteiger partial charge is 0.250 e. The van der Waals surface area contributed by atoms with Gasteiger partial charge in [-0.15, -0.1) is 0 Å². The van der Waals surface area contributed by atoms with E-state index in [0.29, 0.717) is 18.4 Å². The molecule has 3 N–H and O–H groups in total. The lowest BCUT2D eigenvalue weighted by Crippen LogP contribution is -2.45. The molecular weight excluding hydrogens is 271 g/mol. The highest BCUT2D eigenvalue weighted by molar-refractivity contribution is 7.90. The normalized spacial score (nSPS) is 16.9. The van der Waals surface area contributed by atoms with Crippen molar-refractivity contribution in [2.75, 3.05) is 0 Å². The lowest BCUT2D eigenvalue weighted by Gasteiger charge is -2.12. The summed E-state index contributed by atoms with van der Waals surface area (Å²) in [6, 6.07) is 4.67. The van der Waals surface area contributed by atoms with Crippen molar-refractivity contribution in [2.24, 2.45) is 5.73 Å². The molecule has 0 unspecified atom stereocenters. The minimum Gasteiger partial charge on any atom is -0.320 e. The van der Waals surface area contributed by atoms with Crippen molar-refractivity contribution in [3.8, 4) is 0 Å². The third-order valence-corrected chi connectivity index (χ3v) is 4.72. The van der Waals surface area contributed by atoms with E-state index in [4.69, 9.17) is 5.73 Å². The molecule has 0 saturated heterocycles. The fraction of sp³-hybridized carbons (Fsp3) is 0.417. The Hall–Kier alpha value is -1.47. The van der Waals surface area contributed by atoms with E-state index in [2.05, 4.69) is 0 Å². The number of carbonyl (C=O) groups excluding carboxylic acids is 1. The SMILES string of the molecule is N[C@@H](Cc1cccc(F)c1)C(=O)NS(=O)(=O)C1CC1. The molecule has 0 aromatic heterocycles. The molecule has 1 amide bonds. The molecule has 2 rings (SSSR count). The Morgan fingerprint density at radius 2 is 2.16 bits per heavy atom. The van der Waals surface area contributed by atoms with Crippen LogP contribution in [0.5, 0.6) is 0 Å². The minimum atomic E-state index is -3.59. The van der Waals surface area contributed by atoms with Gasteiger partial charge in [0.2, 0.25) is 10.0 Å². The standard InChI is InChI=1S/C12H15FN2O3S/c13-9-3-1-2-8(6-9)7-11(14)12(16)15-19(17,18)10-4-5-10/h1-3,6,10-11H,4-5,7,14H2,(H,15,16)/t11-/m0/s1. The zero-order chi connectivity index (χ0) is 14.0. The number of amides is 1. The number of carbonyl (C=O) groups is 1. The van der Waals surface area contributed by atoms with Crippen LogP contribution in [0.3, 0.4) is 0 Å². The molecule has 1 saturated carbocycles. The van der Waals surface area contributed by atoms with E-state index in [0.717, 1.165) is 0 Å². The molecule has 1 aliphatic carbocycles. The second kappa shape index (κ2) is 5.26. The molecular formula is C12H15FN2O3S. The Bertz CT molecular complexity index is 584. The summed E-state index contributed by atoms with van der Waals surface area (Å²) < 4.78 is 38.1. The minimum absolute atomic E-state index is 0.0871. The monoisotopic (exact) mass is 286 g/mol. The molecule has 1 aromatic rings. The average molecular weight is 286 g/mol. The molecule has 5 nitrogen and oxygen atoms in total. The van der Waals surface area contributed by atoms with Gasteiger partial charge in [-0.05, 0) is 37.0 Å². The van der Waals surface area contributed by atoms with Crippen LogP contribution in [0.2, 0.25) is 0 Å². The zero-order valence-corrected chi connectivity index (χ0v) is 11.0. The van der Waals surface area contributed by atoms with Gasteiger partial charge in [-0.1, -0.05) is 12.1 Å². The Morgan fingerprint density at radius 1 is 1.47 bits per heavy atom. The molecule has 0 spiro atoms. The first-order chi connectivity index (χ1) is 8.88. The number of rotatable bonds is 5. The Balaban J connectivity index is 1.96. The average Bonchev–Trinajstić information content (AvgIpc) is 3.12. The third kappa shape index (κ3) is 3.74. The van der Waals surface area contributed by atoms with Gasteiger partial charge in [0.25, 0.3) is 5.91 Å². The van der Waals surface area contributed by atoms with E-state index < -0.39 is 33.0 Å². The maximum absolute atomic E-state index is 13.0. The first-order valence-corrected chi connectivity index (χ1v) is 7.48. The Kier molecular flexibility index (Phi) is 3.86. The topological polar surface area (TPSA) is 89.3 Å². The molecule has 1 atom stereocenters. The summed E-state index contributed by atoms with van der Waals surface area (Å²) in [6.45, 7) is 0. The van der Waals surface area contributed by atoms with Crippen LogP contribution < -0.4 is 10.5 Å². The van der Waals surface area contributed by atoms with E-state index in [1.54, 1.807) is 6.07 Å². The van der Waals surface area contributed by atoms with Gasteiger partial charge in [0.15, 0.2) is 0 Å². The third-order valence-electron chi connectivity index (χ3n) is 2.89. The van der Waals surface area contributed by atoms with Crippen LogP contribution in [0.15, 0.2) is 24.3 Å². The number of benzene rings is 1. The van der Waals surface area contributed by atoms with Crippen molar-refractivity contribution in [1.82, 2.24) is 4.72 Å². The zero-order valence-electron chi connectivity index (χ0n) is 10.2. The fourth-order valence-electron chi connectivity index (χ4n) is 1.69. The van der Waals surface area contributed by atoms with E-state index in [9.17, 15) is 17.6 Å². The molecule has 0 bridgehead atoms. The van der Waals surface area contributed by atoms with Crippen LogP contribution in [0, 0.1) is 5.82 Å². The molecule has 0 aliphatic heterocycles. The van der Waals surface area contributed by atoms with Crippen LogP contribution in [0.1, 0.15) is 18.4 Å². The summed E-state index contributed by atoms with van der Waals surface area (Å²) >= 11 is 0. The van der Waals surface area contributed by atoms with Crippen LogP contribution in [-0.4, -0.2) is 25.6 Å². The molecule has 0 heterocycles. The number of hydrogen-bond acceptors (Lipinski definition) is 4. The maximum atomic E-state index is 13.0. The van der Waals surface area contributed by atoms with Crippen molar-refractivity contribution in [2.45, 2.75) is 30.6 Å². The van der Waals surface area contributed by atoms with Crippen molar-refractivity contribution >= 4 is 15.9 Å². The predicted octanol–water partition coefficient (Wildman–Crippen LogP) is 0.304. The largest absolute Gasteiger partial charge is 0.320 e. The molecule has 1 fully saturated rings. The fourth-order valence-corrected chi connectivity index (χ4v) is 3.04. The molecule has 0 radical (unpaired) electrons. The number of nitrogens with one attached hydrogen (secondary N) is 1. The van der Waals surface area contributed by atoms with E-state index >= 15 is 0 Å². The van der Waals surface area contributed by atoms with Crippen molar-refractivity contribution in [3.63, 3.8) is 0 Å². The van der Waals surface area contributed by atoms with E-state index in [-0.39, 0.29) is 6.42 Å². The van der Waals surface area contributed by atoms with Crippen molar-refractivity contribution < 1.29 is 17.6 Å². The highest BCUT2D eigenvalue weighted by atomic mass is 32.2. The van der Waals surface area contributed by atoms with Crippen molar-refractivity contribution in [3.05, 3.63) is 35.6 Å². The van der Waals surface area contributed by atoms with Gasteiger partial charge < -0.3 is 5.73 Å². The quantitative estimate of drug-likeness (QED) is 0.815. The summed E-state index contributed by atoms with van der Waals surface area (Å²) in [7, 11) is -3.59. The number of nitrogens with two attached hydrogens (primary N) is 1. The number of sulfonamides is 1. The molecule has 19 heavy (non-hydrogen) atoms. The van der Waals surface area contributed by atoms with Crippen LogP contribution in [0.25, 0.3) is 0 Å². The highest BCUT2D eigenvalue weighted by Crippen LogP contribution is 2.27. The molecule has 1 aromatic carbocycles. The summed E-state index contributed by atoms with van der Waals surface area (Å²) in [5, 5.41) is -0.474. The van der Waals surface area contributed by atoms with Gasteiger partial charge in [-0.25, -0.2) is 12.8 Å². The molecule has 104 valence electrons.